The van der Waals surface area contributed by atoms with E-state index in [1.807, 2.05) is 54.8 Å². The summed E-state index contributed by atoms with van der Waals surface area (Å²) in [5, 5.41) is 15.6. The van der Waals surface area contributed by atoms with Gasteiger partial charge in [0.1, 0.15) is 6.04 Å². The molecule has 2 aromatic carbocycles. The fraction of sp³-hybridized carbons (Fsp3) is 0.235. The lowest BCUT2D eigenvalue weighted by Crippen LogP contribution is -2.52. The lowest BCUT2D eigenvalue weighted by molar-refractivity contribution is -0.142. The first-order valence-electron chi connectivity index (χ1n) is 14.2. The van der Waals surface area contributed by atoms with Gasteiger partial charge in [0.05, 0.1) is 22.2 Å². The maximum absolute atomic E-state index is 14.1. The summed E-state index contributed by atoms with van der Waals surface area (Å²) in [7, 11) is 1.35. The van der Waals surface area contributed by atoms with Crippen LogP contribution in [0.15, 0.2) is 95.4 Å². The van der Waals surface area contributed by atoms with Gasteiger partial charge >= 0.3 is 12.1 Å². The number of carbonyl (C=O) groups is 2. The van der Waals surface area contributed by atoms with Gasteiger partial charge in [-0.05, 0) is 46.5 Å². The van der Waals surface area contributed by atoms with E-state index >= 15 is 0 Å². The van der Waals surface area contributed by atoms with Crippen LogP contribution in [-0.4, -0.2) is 32.6 Å². The molecule has 0 aliphatic heterocycles. The molecule has 232 valence electrons. The van der Waals surface area contributed by atoms with E-state index in [0.29, 0.717) is 23.8 Å². The number of aromatic nitrogens is 2. The Morgan fingerprint density at radius 2 is 1.76 bits per heavy atom. The summed E-state index contributed by atoms with van der Waals surface area (Å²) >= 11 is 1.51. The normalized spacial score (nSPS) is 13.7. The van der Waals surface area contributed by atoms with Crippen LogP contribution < -0.4 is 10.9 Å². The highest BCUT2D eigenvalue weighted by Crippen LogP contribution is 2.38. The van der Waals surface area contributed by atoms with Crippen LogP contribution in [0, 0.1) is 0 Å². The first kappa shape index (κ1) is 31.6. The minimum Gasteiger partial charge on any atom is -0.480 e. The van der Waals surface area contributed by atoms with Crippen molar-refractivity contribution < 1.29 is 27.9 Å². The van der Waals surface area contributed by atoms with E-state index in [-0.39, 0.29) is 17.5 Å². The maximum Gasteiger partial charge on any atom is 0.417 e. The van der Waals surface area contributed by atoms with Gasteiger partial charge < -0.3 is 15.0 Å². The molecule has 0 saturated heterocycles. The number of thiophene rings is 1. The van der Waals surface area contributed by atoms with Crippen molar-refractivity contribution in [1.82, 2.24) is 14.9 Å². The molecule has 1 amide bonds. The summed E-state index contributed by atoms with van der Waals surface area (Å²) in [6, 6.07) is 18.9. The number of carboxylic acid groups (broad SMARTS) is 1. The molecule has 11 heteroatoms. The summed E-state index contributed by atoms with van der Waals surface area (Å²) in [5.41, 5.74) is -2.57. The number of aliphatic carboxylic acids is 1. The third-order valence-electron chi connectivity index (χ3n) is 8.16. The first-order chi connectivity index (χ1) is 21.5. The molecule has 5 rings (SSSR count). The summed E-state index contributed by atoms with van der Waals surface area (Å²) in [4.78, 5) is 44.8. The van der Waals surface area contributed by atoms with Crippen molar-refractivity contribution in [2.24, 2.45) is 7.05 Å². The highest BCUT2D eigenvalue weighted by Gasteiger charge is 2.41. The number of rotatable bonds is 10. The molecule has 0 unspecified atom stereocenters. The number of amides is 1. The average Bonchev–Trinajstić information content (AvgIpc) is 3.53. The predicted molar refractivity (Wildman–Crippen MR) is 167 cm³/mol. The minimum atomic E-state index is -4.81. The number of nitrogens with one attached hydrogen (secondary N) is 1. The van der Waals surface area contributed by atoms with Crippen LogP contribution in [0.25, 0.3) is 22.0 Å². The highest BCUT2D eigenvalue weighted by atomic mass is 32.1. The lowest BCUT2D eigenvalue weighted by atomic mass is 9.74. The Balaban J connectivity index is 1.55. The van der Waals surface area contributed by atoms with Gasteiger partial charge in [-0.3, -0.25) is 14.6 Å². The number of nitrogens with zero attached hydrogens (tertiary/aromatic N) is 2. The van der Waals surface area contributed by atoms with Crippen LogP contribution in [0.3, 0.4) is 0 Å². The van der Waals surface area contributed by atoms with E-state index in [0.717, 1.165) is 27.3 Å². The van der Waals surface area contributed by atoms with Crippen LogP contribution in [-0.2, 0) is 41.1 Å². The second-order valence-electron chi connectivity index (χ2n) is 10.8. The van der Waals surface area contributed by atoms with Gasteiger partial charge in [0.2, 0.25) is 5.91 Å². The van der Waals surface area contributed by atoms with Crippen LogP contribution in [0.2, 0.25) is 0 Å². The van der Waals surface area contributed by atoms with Gasteiger partial charge in [0, 0.05) is 42.5 Å². The van der Waals surface area contributed by atoms with Gasteiger partial charge in [-0.2, -0.15) is 13.2 Å². The van der Waals surface area contributed by atoms with Gasteiger partial charge in [-0.15, -0.1) is 11.3 Å². The van der Waals surface area contributed by atoms with Crippen molar-refractivity contribution in [2.45, 2.75) is 43.8 Å². The van der Waals surface area contributed by atoms with Crippen LogP contribution in [0.5, 0.6) is 0 Å². The molecule has 3 heterocycles. The molecule has 3 aromatic heterocycles. The highest BCUT2D eigenvalue weighted by molar-refractivity contribution is 7.09. The molecular formula is C34H30F3N3O4S. The van der Waals surface area contributed by atoms with Crippen molar-refractivity contribution in [3.05, 3.63) is 122 Å². The molecule has 0 spiro atoms. The number of halogens is 3. The number of hydrogen-bond acceptors (Lipinski definition) is 5. The lowest BCUT2D eigenvalue weighted by Gasteiger charge is -2.33. The summed E-state index contributed by atoms with van der Waals surface area (Å²) < 4.78 is 43.0. The Morgan fingerprint density at radius 3 is 2.40 bits per heavy atom. The summed E-state index contributed by atoms with van der Waals surface area (Å²) in [5.74, 6) is -1.71. The van der Waals surface area contributed by atoms with Crippen molar-refractivity contribution in [3.63, 3.8) is 0 Å². The predicted octanol–water partition coefficient (Wildman–Crippen LogP) is 6.38. The fourth-order valence-electron chi connectivity index (χ4n) is 5.73. The monoisotopic (exact) mass is 633 g/mol. The van der Waals surface area contributed by atoms with Gasteiger partial charge in [-0.25, -0.2) is 4.79 Å². The zero-order chi connectivity index (χ0) is 32.4. The maximum atomic E-state index is 14.1. The van der Waals surface area contributed by atoms with E-state index < -0.39 is 46.2 Å². The van der Waals surface area contributed by atoms with E-state index in [9.17, 15) is 32.7 Å². The van der Waals surface area contributed by atoms with Gasteiger partial charge in [0.15, 0.2) is 0 Å². The van der Waals surface area contributed by atoms with Crippen molar-refractivity contribution in [1.29, 1.82) is 0 Å². The molecule has 0 bridgehead atoms. The quantitative estimate of drug-likeness (QED) is 0.186. The standard InChI is InChI=1S/C34H30F3N3O4S/c1-3-33(20-23-12-8-18-45-23,22-10-5-4-6-11-22)32(44)39-27(31(42)43)19-21-9-7-13-25-24(21)14-16-38-29(25)28-26(34(35,36)37)15-17-40(2)30(28)41/h4-18,27H,3,19-20H2,1-2H3,(H,39,44)(H,42,43)/t27-,33+/m0/s1. The number of carbonyl (C=O) groups excluding carboxylic acids is 1. The third kappa shape index (κ3) is 6.26. The molecule has 0 saturated carbocycles. The van der Waals surface area contributed by atoms with Crippen LogP contribution in [0.4, 0.5) is 13.2 Å². The Bertz CT molecular complexity index is 1910. The number of pyridine rings is 2. The van der Waals surface area contributed by atoms with Gasteiger partial charge in [0.25, 0.3) is 5.56 Å². The zero-order valence-electron chi connectivity index (χ0n) is 24.5. The van der Waals surface area contributed by atoms with Crippen molar-refractivity contribution in [2.75, 3.05) is 0 Å². The van der Waals surface area contributed by atoms with E-state index in [2.05, 4.69) is 10.3 Å². The van der Waals surface area contributed by atoms with Crippen molar-refractivity contribution in [3.8, 4) is 11.3 Å². The smallest absolute Gasteiger partial charge is 0.417 e. The van der Waals surface area contributed by atoms with Crippen LogP contribution in [0.1, 0.15) is 34.9 Å². The number of carboxylic acids is 1. The zero-order valence-corrected chi connectivity index (χ0v) is 25.3. The molecule has 0 aliphatic carbocycles. The summed E-state index contributed by atoms with van der Waals surface area (Å²) in [6.07, 6.45) is -1.84. The van der Waals surface area contributed by atoms with E-state index in [4.69, 9.17) is 0 Å². The Labute approximate surface area is 261 Å². The number of fused-ring (bicyclic) bond motifs is 1. The molecule has 2 N–H and O–H groups in total. The fourth-order valence-corrected chi connectivity index (χ4v) is 6.55. The van der Waals surface area contributed by atoms with E-state index in [1.54, 1.807) is 24.3 Å². The largest absolute Gasteiger partial charge is 0.480 e. The minimum absolute atomic E-state index is 0.158. The Hall–Kier alpha value is -4.77. The Morgan fingerprint density at radius 1 is 1.00 bits per heavy atom. The molecular weight excluding hydrogens is 603 g/mol. The molecule has 5 aromatic rings. The molecule has 0 radical (unpaired) electrons. The average molecular weight is 634 g/mol. The molecule has 0 fully saturated rings. The number of aryl methyl sites for hydroxylation is 1. The molecule has 45 heavy (non-hydrogen) atoms. The molecule has 7 nitrogen and oxygen atoms in total. The SMILES string of the molecule is CC[C@](Cc1cccs1)(C(=O)N[C@@H](Cc1cccc2c(-c3c(C(F)(F)F)ccn(C)c3=O)nccc12)C(=O)O)c1ccccc1. The van der Waals surface area contributed by atoms with E-state index in [1.165, 1.54) is 24.6 Å². The van der Waals surface area contributed by atoms with Crippen LogP contribution >= 0.6 is 11.3 Å². The Kier molecular flexibility index (Phi) is 8.92. The third-order valence-corrected chi connectivity index (χ3v) is 9.03. The topological polar surface area (TPSA) is 101 Å². The second kappa shape index (κ2) is 12.7. The van der Waals surface area contributed by atoms with Crippen molar-refractivity contribution >= 4 is 34.0 Å². The molecule has 0 aliphatic rings. The second-order valence-corrected chi connectivity index (χ2v) is 11.8. The van der Waals surface area contributed by atoms with Gasteiger partial charge in [-0.1, -0.05) is 61.5 Å². The molecule has 2 atom stereocenters. The number of alkyl halides is 3. The first-order valence-corrected chi connectivity index (χ1v) is 15.1. The summed E-state index contributed by atoms with van der Waals surface area (Å²) in [6.45, 7) is 1.89. The number of benzene rings is 2. The number of hydrogen-bond donors (Lipinski definition) is 2.